The van der Waals surface area contributed by atoms with Gasteiger partial charge in [0.1, 0.15) is 17.3 Å². The Morgan fingerprint density at radius 1 is 0.774 bits per heavy atom. The molecule has 0 saturated carbocycles. The maximum atomic E-state index is 12.8. The van der Waals surface area contributed by atoms with Crippen LogP contribution in [0.25, 0.3) is 22.4 Å². The smallest absolute Gasteiger partial charge is 0.255 e. The molecule has 5 heteroatoms. The molecule has 0 bridgehead atoms. The number of nitrogens with one attached hydrogen (secondary N) is 2. The van der Waals surface area contributed by atoms with Crippen LogP contribution in [0.5, 0.6) is 11.5 Å². The van der Waals surface area contributed by atoms with Crippen molar-refractivity contribution >= 4 is 22.6 Å². The van der Waals surface area contributed by atoms with Crippen LogP contribution in [-0.2, 0) is 0 Å². The Bertz CT molecular complexity index is 1330. The molecule has 0 aliphatic rings. The molecule has 0 spiro atoms. The van der Waals surface area contributed by atoms with Crippen molar-refractivity contribution in [2.45, 2.75) is 0 Å². The lowest BCUT2D eigenvalue weighted by atomic mass is 10.1. The van der Waals surface area contributed by atoms with E-state index in [1.807, 2.05) is 84.9 Å². The molecule has 0 radical (unpaired) electrons. The minimum Gasteiger partial charge on any atom is -0.457 e. The monoisotopic (exact) mass is 405 g/mol. The quantitative estimate of drug-likeness (QED) is 0.362. The SMILES string of the molecule is O=C(Nc1cccc(-c2nc3ccccc3[nH]2)c1)c1cccc(Oc2ccccc2)c1. The molecule has 5 rings (SSSR count). The average Bonchev–Trinajstić information content (AvgIpc) is 3.25. The van der Waals surface area contributed by atoms with Gasteiger partial charge in [-0.2, -0.15) is 0 Å². The van der Waals surface area contributed by atoms with Crippen LogP contribution in [0.2, 0.25) is 0 Å². The number of anilines is 1. The van der Waals surface area contributed by atoms with Gasteiger partial charge in [-0.25, -0.2) is 4.98 Å². The second-order valence-corrected chi connectivity index (χ2v) is 7.08. The van der Waals surface area contributed by atoms with Gasteiger partial charge in [0.15, 0.2) is 0 Å². The molecule has 1 aromatic heterocycles. The Kier molecular flexibility index (Phi) is 4.91. The van der Waals surface area contributed by atoms with Gasteiger partial charge in [0, 0.05) is 16.8 Å². The van der Waals surface area contributed by atoms with E-state index in [0.717, 1.165) is 28.2 Å². The zero-order valence-electron chi connectivity index (χ0n) is 16.6. The van der Waals surface area contributed by atoms with Crippen LogP contribution >= 0.6 is 0 Å². The van der Waals surface area contributed by atoms with Crippen molar-refractivity contribution in [1.29, 1.82) is 0 Å². The van der Waals surface area contributed by atoms with Gasteiger partial charge in [-0.05, 0) is 54.6 Å². The number of hydrogen-bond donors (Lipinski definition) is 2. The number of nitrogens with zero attached hydrogens (tertiary/aromatic N) is 1. The fourth-order valence-electron chi connectivity index (χ4n) is 3.36. The van der Waals surface area contributed by atoms with Crippen LogP contribution < -0.4 is 10.1 Å². The van der Waals surface area contributed by atoms with E-state index >= 15 is 0 Å². The summed E-state index contributed by atoms with van der Waals surface area (Å²) in [5.41, 5.74) is 3.99. The number of aromatic nitrogens is 2. The third kappa shape index (κ3) is 4.16. The van der Waals surface area contributed by atoms with Gasteiger partial charge in [-0.3, -0.25) is 4.79 Å². The second kappa shape index (κ2) is 8.16. The van der Waals surface area contributed by atoms with Crippen LogP contribution in [-0.4, -0.2) is 15.9 Å². The predicted molar refractivity (Wildman–Crippen MR) is 122 cm³/mol. The molecule has 1 heterocycles. The van der Waals surface area contributed by atoms with E-state index < -0.39 is 0 Å². The third-order valence-corrected chi connectivity index (χ3v) is 4.86. The summed E-state index contributed by atoms with van der Waals surface area (Å²) in [6.07, 6.45) is 0. The summed E-state index contributed by atoms with van der Waals surface area (Å²) in [4.78, 5) is 20.8. The fourth-order valence-corrected chi connectivity index (χ4v) is 3.36. The van der Waals surface area contributed by atoms with Gasteiger partial charge in [0.05, 0.1) is 11.0 Å². The van der Waals surface area contributed by atoms with Crippen LogP contribution in [0, 0.1) is 0 Å². The Morgan fingerprint density at radius 3 is 2.42 bits per heavy atom. The number of ether oxygens (including phenoxy) is 1. The predicted octanol–water partition coefficient (Wildman–Crippen LogP) is 6.27. The van der Waals surface area contributed by atoms with Gasteiger partial charge < -0.3 is 15.0 Å². The summed E-state index contributed by atoms with van der Waals surface area (Å²) >= 11 is 0. The number of carbonyl (C=O) groups is 1. The number of imidazole rings is 1. The molecule has 2 N–H and O–H groups in total. The molecule has 0 saturated heterocycles. The summed E-state index contributed by atoms with van der Waals surface area (Å²) in [6, 6.07) is 32.1. The highest BCUT2D eigenvalue weighted by atomic mass is 16.5. The minimum absolute atomic E-state index is 0.208. The van der Waals surface area contributed by atoms with Crippen LogP contribution in [0.4, 0.5) is 5.69 Å². The number of aromatic amines is 1. The maximum absolute atomic E-state index is 12.8. The highest BCUT2D eigenvalue weighted by molar-refractivity contribution is 6.04. The molecule has 0 fully saturated rings. The molecular formula is C26H19N3O2. The van der Waals surface area contributed by atoms with Crippen molar-refractivity contribution < 1.29 is 9.53 Å². The van der Waals surface area contributed by atoms with Crippen LogP contribution in [0.1, 0.15) is 10.4 Å². The summed E-state index contributed by atoms with van der Waals surface area (Å²) in [6.45, 7) is 0. The van der Waals surface area contributed by atoms with Crippen molar-refractivity contribution in [3.63, 3.8) is 0 Å². The van der Waals surface area contributed by atoms with Gasteiger partial charge in [-0.15, -0.1) is 0 Å². The third-order valence-electron chi connectivity index (χ3n) is 4.86. The largest absolute Gasteiger partial charge is 0.457 e. The van der Waals surface area contributed by atoms with Crippen molar-refractivity contribution in [2.75, 3.05) is 5.32 Å². The highest BCUT2D eigenvalue weighted by Gasteiger charge is 2.10. The molecule has 1 amide bonds. The lowest BCUT2D eigenvalue weighted by Crippen LogP contribution is -2.11. The molecule has 31 heavy (non-hydrogen) atoms. The highest BCUT2D eigenvalue weighted by Crippen LogP contribution is 2.25. The lowest BCUT2D eigenvalue weighted by Gasteiger charge is -2.09. The number of amides is 1. The Hall–Kier alpha value is -4.38. The Labute approximate surface area is 179 Å². The number of fused-ring (bicyclic) bond motifs is 1. The first-order valence-corrected chi connectivity index (χ1v) is 9.94. The van der Waals surface area contributed by atoms with E-state index in [-0.39, 0.29) is 5.91 Å². The fraction of sp³-hybridized carbons (Fsp3) is 0. The molecule has 5 nitrogen and oxygen atoms in total. The Morgan fingerprint density at radius 2 is 1.55 bits per heavy atom. The average molecular weight is 405 g/mol. The van der Waals surface area contributed by atoms with Gasteiger partial charge in [0.2, 0.25) is 0 Å². The van der Waals surface area contributed by atoms with E-state index in [9.17, 15) is 4.79 Å². The van der Waals surface area contributed by atoms with Crippen molar-refractivity contribution in [2.24, 2.45) is 0 Å². The standard InChI is InChI=1S/C26H19N3O2/c30-26(19-9-7-13-22(17-19)31-21-11-2-1-3-12-21)27-20-10-6-8-18(16-20)25-28-23-14-4-5-15-24(23)29-25/h1-17H,(H,27,30)(H,28,29). The summed E-state index contributed by atoms with van der Waals surface area (Å²) in [7, 11) is 0. The van der Waals surface area contributed by atoms with E-state index in [1.165, 1.54) is 0 Å². The summed E-state index contributed by atoms with van der Waals surface area (Å²) in [5.74, 6) is 1.88. The summed E-state index contributed by atoms with van der Waals surface area (Å²) in [5, 5.41) is 2.96. The normalized spacial score (nSPS) is 10.7. The lowest BCUT2D eigenvalue weighted by molar-refractivity contribution is 0.102. The molecule has 0 aliphatic carbocycles. The number of hydrogen-bond acceptors (Lipinski definition) is 3. The number of carbonyl (C=O) groups excluding carboxylic acids is 1. The molecule has 0 atom stereocenters. The van der Waals surface area contributed by atoms with Crippen LogP contribution in [0.15, 0.2) is 103 Å². The number of H-pyrrole nitrogens is 1. The molecule has 150 valence electrons. The van der Waals surface area contributed by atoms with E-state index in [4.69, 9.17) is 4.74 Å². The van der Waals surface area contributed by atoms with E-state index in [0.29, 0.717) is 17.0 Å². The van der Waals surface area contributed by atoms with Crippen LogP contribution in [0.3, 0.4) is 0 Å². The first-order chi connectivity index (χ1) is 15.2. The number of rotatable bonds is 5. The summed E-state index contributed by atoms with van der Waals surface area (Å²) < 4.78 is 5.83. The van der Waals surface area contributed by atoms with E-state index in [1.54, 1.807) is 18.2 Å². The first kappa shape index (κ1) is 18.6. The van der Waals surface area contributed by atoms with Gasteiger partial charge in [-0.1, -0.05) is 48.5 Å². The van der Waals surface area contributed by atoms with E-state index in [2.05, 4.69) is 15.3 Å². The minimum atomic E-state index is -0.208. The van der Waals surface area contributed by atoms with Gasteiger partial charge >= 0.3 is 0 Å². The van der Waals surface area contributed by atoms with Crippen molar-refractivity contribution in [1.82, 2.24) is 9.97 Å². The molecule has 0 aliphatic heterocycles. The first-order valence-electron chi connectivity index (χ1n) is 9.94. The molecule has 4 aromatic carbocycles. The van der Waals surface area contributed by atoms with Crippen molar-refractivity contribution in [3.8, 4) is 22.9 Å². The van der Waals surface area contributed by atoms with Gasteiger partial charge in [0.25, 0.3) is 5.91 Å². The number of para-hydroxylation sites is 3. The second-order valence-electron chi connectivity index (χ2n) is 7.08. The molecular weight excluding hydrogens is 386 g/mol. The topological polar surface area (TPSA) is 67.0 Å². The molecule has 0 unspecified atom stereocenters. The zero-order chi connectivity index (χ0) is 21.0. The molecule has 5 aromatic rings. The maximum Gasteiger partial charge on any atom is 0.255 e. The Balaban J connectivity index is 1.35. The number of benzene rings is 4. The zero-order valence-corrected chi connectivity index (χ0v) is 16.6. The van der Waals surface area contributed by atoms with Crippen molar-refractivity contribution in [3.05, 3.63) is 109 Å².